The van der Waals surface area contributed by atoms with E-state index in [0.717, 1.165) is 21.8 Å². The zero-order valence-electron chi connectivity index (χ0n) is 14.4. The first-order chi connectivity index (χ1) is 11.5. The number of carbonyl (C=O) groups is 1. The van der Waals surface area contributed by atoms with Crippen LogP contribution in [0.3, 0.4) is 0 Å². The number of nitrogens with two attached hydrogens (primary N) is 1. The second-order valence-electron chi connectivity index (χ2n) is 6.12. The average Bonchev–Trinajstić information content (AvgIpc) is 2.58. The van der Waals surface area contributed by atoms with Crippen LogP contribution in [0, 0.1) is 0 Å². The number of halogens is 1. The topological polar surface area (TPSA) is 49.0 Å². The molecule has 0 saturated carbocycles. The molecule has 0 spiro atoms. The van der Waals surface area contributed by atoms with Gasteiger partial charge in [-0.05, 0) is 36.8 Å². The summed E-state index contributed by atoms with van der Waals surface area (Å²) in [5, 5.41) is 5.71. The Kier molecular flexibility index (Phi) is 6.64. The molecule has 24 heavy (non-hydrogen) atoms. The Balaban J connectivity index is 1.75. The number of nitrogens with one attached hydrogen (secondary N) is 1. The van der Waals surface area contributed by atoms with Crippen molar-refractivity contribution < 1.29 is 10.1 Å². The molecule has 0 heterocycles. The monoisotopic (exact) mass is 346 g/mol. The quantitative estimate of drug-likeness (QED) is 0.808. The Bertz CT molecular complexity index is 653. The van der Waals surface area contributed by atoms with Gasteiger partial charge >= 0.3 is 0 Å². The van der Waals surface area contributed by atoms with Gasteiger partial charge in [0, 0.05) is 36.9 Å². The molecule has 0 fully saturated rings. The standard InChI is InChI=1S/C19H24ClN3O/c1-14(16-6-8-17(20)9-7-16)21-13-19(24)22-12-15-4-10-18(11-5-15)23(2)3/h4-11,14,21H,12-13H2,1-3H3,(H,22,24)/p+1/t14-/m0/s1. The largest absolute Gasteiger partial charge is 0.378 e. The highest BCUT2D eigenvalue weighted by atomic mass is 35.5. The number of hydrogen-bond acceptors (Lipinski definition) is 2. The molecule has 1 amide bonds. The third-order valence-electron chi connectivity index (χ3n) is 4.00. The molecule has 0 radical (unpaired) electrons. The molecule has 128 valence electrons. The lowest BCUT2D eigenvalue weighted by atomic mass is 10.1. The molecule has 2 aromatic rings. The molecular formula is C19H25ClN3O+. The van der Waals surface area contributed by atoms with E-state index in [1.807, 2.05) is 55.8 Å². The fraction of sp³-hybridized carbons (Fsp3) is 0.316. The first-order valence-electron chi connectivity index (χ1n) is 8.07. The third kappa shape index (κ3) is 5.55. The molecule has 0 bridgehead atoms. The van der Waals surface area contributed by atoms with Crippen LogP contribution < -0.4 is 15.5 Å². The molecule has 0 aliphatic heterocycles. The van der Waals surface area contributed by atoms with Gasteiger partial charge in [-0.1, -0.05) is 35.9 Å². The fourth-order valence-corrected chi connectivity index (χ4v) is 2.50. The summed E-state index contributed by atoms with van der Waals surface area (Å²) in [6.07, 6.45) is 0. The first-order valence-corrected chi connectivity index (χ1v) is 8.45. The van der Waals surface area contributed by atoms with Crippen LogP contribution in [0.2, 0.25) is 5.02 Å². The van der Waals surface area contributed by atoms with Crippen LogP contribution in [0.1, 0.15) is 24.1 Å². The van der Waals surface area contributed by atoms with Crippen molar-refractivity contribution in [2.24, 2.45) is 0 Å². The van der Waals surface area contributed by atoms with Crippen LogP contribution in [-0.2, 0) is 11.3 Å². The molecule has 0 saturated heterocycles. The van der Waals surface area contributed by atoms with Crippen LogP contribution in [0.5, 0.6) is 0 Å². The van der Waals surface area contributed by atoms with Crippen molar-refractivity contribution in [2.75, 3.05) is 25.5 Å². The van der Waals surface area contributed by atoms with E-state index in [9.17, 15) is 4.79 Å². The summed E-state index contributed by atoms with van der Waals surface area (Å²) in [6, 6.07) is 16.1. The van der Waals surface area contributed by atoms with Gasteiger partial charge in [-0.2, -0.15) is 0 Å². The Morgan fingerprint density at radius 2 is 1.75 bits per heavy atom. The normalized spacial score (nSPS) is 11.8. The minimum Gasteiger partial charge on any atom is -0.378 e. The van der Waals surface area contributed by atoms with Crippen molar-refractivity contribution in [2.45, 2.75) is 19.5 Å². The van der Waals surface area contributed by atoms with E-state index < -0.39 is 0 Å². The van der Waals surface area contributed by atoms with E-state index >= 15 is 0 Å². The van der Waals surface area contributed by atoms with Crippen LogP contribution in [-0.4, -0.2) is 26.5 Å². The summed E-state index contributed by atoms with van der Waals surface area (Å²) in [4.78, 5) is 14.1. The zero-order chi connectivity index (χ0) is 17.5. The van der Waals surface area contributed by atoms with Gasteiger partial charge in [-0.15, -0.1) is 0 Å². The number of nitrogens with zero attached hydrogens (tertiary/aromatic N) is 1. The number of anilines is 1. The second-order valence-corrected chi connectivity index (χ2v) is 6.55. The molecular weight excluding hydrogens is 322 g/mol. The van der Waals surface area contributed by atoms with Crippen LogP contribution in [0.15, 0.2) is 48.5 Å². The summed E-state index contributed by atoms with van der Waals surface area (Å²) >= 11 is 5.89. The number of carbonyl (C=O) groups excluding carboxylic acids is 1. The molecule has 5 heteroatoms. The van der Waals surface area contributed by atoms with Gasteiger partial charge in [0.25, 0.3) is 5.91 Å². The molecule has 0 aliphatic rings. The highest BCUT2D eigenvalue weighted by Gasteiger charge is 2.11. The number of amides is 1. The Labute approximate surface area is 148 Å². The first kappa shape index (κ1) is 18.3. The van der Waals surface area contributed by atoms with Gasteiger partial charge < -0.3 is 15.5 Å². The lowest BCUT2D eigenvalue weighted by Crippen LogP contribution is -2.87. The van der Waals surface area contributed by atoms with E-state index in [2.05, 4.69) is 29.3 Å². The molecule has 0 unspecified atom stereocenters. The Morgan fingerprint density at radius 3 is 2.33 bits per heavy atom. The average molecular weight is 347 g/mol. The van der Waals surface area contributed by atoms with E-state index in [1.165, 1.54) is 0 Å². The third-order valence-corrected chi connectivity index (χ3v) is 4.25. The maximum atomic E-state index is 12.0. The predicted octanol–water partition coefficient (Wildman–Crippen LogP) is 2.35. The van der Waals surface area contributed by atoms with Gasteiger partial charge in [0.05, 0.1) is 0 Å². The summed E-state index contributed by atoms with van der Waals surface area (Å²) in [6.45, 7) is 3.03. The molecule has 2 rings (SSSR count). The van der Waals surface area contributed by atoms with Gasteiger partial charge in [-0.25, -0.2) is 0 Å². The lowest BCUT2D eigenvalue weighted by Gasteiger charge is -2.13. The van der Waals surface area contributed by atoms with Crippen molar-refractivity contribution in [3.05, 3.63) is 64.7 Å². The molecule has 4 nitrogen and oxygen atoms in total. The van der Waals surface area contributed by atoms with E-state index in [-0.39, 0.29) is 11.9 Å². The van der Waals surface area contributed by atoms with Gasteiger partial charge in [0.2, 0.25) is 0 Å². The smallest absolute Gasteiger partial charge is 0.275 e. The zero-order valence-corrected chi connectivity index (χ0v) is 15.2. The minimum atomic E-state index is 0.0347. The number of benzene rings is 2. The van der Waals surface area contributed by atoms with E-state index in [0.29, 0.717) is 13.1 Å². The fourth-order valence-electron chi connectivity index (χ4n) is 2.37. The summed E-state index contributed by atoms with van der Waals surface area (Å²) in [5.74, 6) is 0.0347. The second kappa shape index (κ2) is 8.71. The highest BCUT2D eigenvalue weighted by Crippen LogP contribution is 2.13. The Hall–Kier alpha value is -2.04. The SMILES string of the molecule is C[C@H]([NH2+]CC(=O)NCc1ccc(N(C)C)cc1)c1ccc(Cl)cc1. The van der Waals surface area contributed by atoms with E-state index in [4.69, 9.17) is 11.6 Å². The minimum absolute atomic E-state index is 0.0347. The maximum absolute atomic E-state index is 12.0. The van der Waals surface area contributed by atoms with Gasteiger partial charge in [0.15, 0.2) is 6.54 Å². The summed E-state index contributed by atoms with van der Waals surface area (Å²) in [7, 11) is 4.02. The molecule has 2 aromatic carbocycles. The van der Waals surface area contributed by atoms with Crippen molar-refractivity contribution in [1.29, 1.82) is 0 Å². The molecule has 0 aromatic heterocycles. The van der Waals surface area contributed by atoms with E-state index in [1.54, 1.807) is 0 Å². The number of quaternary nitrogens is 1. The highest BCUT2D eigenvalue weighted by molar-refractivity contribution is 6.30. The van der Waals surface area contributed by atoms with Gasteiger partial charge in [-0.3, -0.25) is 4.79 Å². The predicted molar refractivity (Wildman–Crippen MR) is 99.3 cm³/mol. The van der Waals surface area contributed by atoms with Crippen LogP contribution >= 0.6 is 11.6 Å². The molecule has 0 aliphatic carbocycles. The lowest BCUT2D eigenvalue weighted by molar-refractivity contribution is -0.682. The van der Waals surface area contributed by atoms with Crippen molar-refractivity contribution >= 4 is 23.2 Å². The maximum Gasteiger partial charge on any atom is 0.275 e. The summed E-state index contributed by atoms with van der Waals surface area (Å²) < 4.78 is 0. The molecule has 3 N–H and O–H groups in total. The van der Waals surface area contributed by atoms with Crippen LogP contribution in [0.25, 0.3) is 0 Å². The van der Waals surface area contributed by atoms with Crippen molar-refractivity contribution in [3.63, 3.8) is 0 Å². The van der Waals surface area contributed by atoms with Crippen molar-refractivity contribution in [1.82, 2.24) is 5.32 Å². The molecule has 1 atom stereocenters. The van der Waals surface area contributed by atoms with Crippen LogP contribution in [0.4, 0.5) is 5.69 Å². The van der Waals surface area contributed by atoms with Gasteiger partial charge in [0.1, 0.15) is 6.04 Å². The summed E-state index contributed by atoms with van der Waals surface area (Å²) in [5.41, 5.74) is 3.40. The van der Waals surface area contributed by atoms with Crippen molar-refractivity contribution in [3.8, 4) is 0 Å². The number of hydrogen-bond donors (Lipinski definition) is 2. The number of rotatable bonds is 7. The Morgan fingerprint density at radius 1 is 1.12 bits per heavy atom.